The van der Waals surface area contributed by atoms with Crippen LogP contribution in [0.1, 0.15) is 36.8 Å². The van der Waals surface area contributed by atoms with Crippen LogP contribution in [0.4, 0.5) is 0 Å². The molecule has 4 rings (SSSR count). The van der Waals surface area contributed by atoms with E-state index in [0.717, 1.165) is 43.4 Å². The molecule has 0 bridgehead atoms. The predicted molar refractivity (Wildman–Crippen MR) is 79.3 cm³/mol. The van der Waals surface area contributed by atoms with Crippen LogP contribution in [0, 0.1) is 0 Å². The Hall–Kier alpha value is -2.04. The van der Waals surface area contributed by atoms with E-state index in [2.05, 4.69) is 15.6 Å². The monoisotopic (exact) mass is 285 g/mol. The van der Waals surface area contributed by atoms with Gasteiger partial charge in [-0.25, -0.2) is 4.99 Å². The van der Waals surface area contributed by atoms with Crippen molar-refractivity contribution < 1.29 is 9.53 Å². The lowest BCUT2D eigenvalue weighted by atomic mass is 9.76. The summed E-state index contributed by atoms with van der Waals surface area (Å²) in [6, 6.07) is 6.37. The van der Waals surface area contributed by atoms with Crippen molar-refractivity contribution in [1.82, 2.24) is 10.6 Å². The average molecular weight is 285 g/mol. The van der Waals surface area contributed by atoms with Crippen LogP contribution in [0.5, 0.6) is 5.75 Å². The number of nitrogens with zero attached hydrogens (tertiary/aromatic N) is 1. The molecule has 21 heavy (non-hydrogen) atoms. The summed E-state index contributed by atoms with van der Waals surface area (Å²) in [5.41, 5.74) is 1.61. The van der Waals surface area contributed by atoms with Gasteiger partial charge < -0.3 is 10.1 Å². The lowest BCUT2D eigenvalue weighted by Gasteiger charge is -2.33. The summed E-state index contributed by atoms with van der Waals surface area (Å²) in [7, 11) is 1.67. The molecule has 0 radical (unpaired) electrons. The van der Waals surface area contributed by atoms with Crippen molar-refractivity contribution in [2.75, 3.05) is 7.11 Å². The molecule has 1 aromatic rings. The lowest BCUT2D eigenvalue weighted by Crippen LogP contribution is -2.46. The number of ether oxygens (including phenoxy) is 1. The first-order valence-electron chi connectivity index (χ1n) is 7.56. The Bertz CT molecular complexity index is 636. The van der Waals surface area contributed by atoms with Crippen molar-refractivity contribution in [3.63, 3.8) is 0 Å². The van der Waals surface area contributed by atoms with E-state index in [-0.39, 0.29) is 5.91 Å². The van der Waals surface area contributed by atoms with E-state index in [9.17, 15) is 4.79 Å². The minimum Gasteiger partial charge on any atom is -0.497 e. The molecular weight excluding hydrogens is 266 g/mol. The standard InChI is InChI=1S/C16H19N3O2/c1-21-12-6-7-13-10(9-12)3-2-8-16(13)14(20)18-15(19-16)17-11-4-5-11/h6-7,9,11H,2-5,8H2,1H3,(H2,17,18,19,20). The number of aliphatic imine (C=N–C) groups is 1. The Balaban J connectivity index is 1.74. The molecule has 1 saturated heterocycles. The second-order valence-corrected chi connectivity index (χ2v) is 6.07. The van der Waals surface area contributed by atoms with Crippen molar-refractivity contribution in [1.29, 1.82) is 0 Å². The number of nitrogens with one attached hydrogen (secondary N) is 2. The zero-order chi connectivity index (χ0) is 14.4. The maximum absolute atomic E-state index is 12.6. The van der Waals surface area contributed by atoms with Crippen LogP contribution in [0.3, 0.4) is 0 Å². The van der Waals surface area contributed by atoms with E-state index in [1.807, 2.05) is 18.2 Å². The van der Waals surface area contributed by atoms with Crippen molar-refractivity contribution in [3.05, 3.63) is 29.3 Å². The highest BCUT2D eigenvalue weighted by molar-refractivity contribution is 6.09. The zero-order valence-electron chi connectivity index (χ0n) is 12.1. The van der Waals surface area contributed by atoms with Gasteiger partial charge in [-0.1, -0.05) is 6.07 Å². The number of fused-ring (bicyclic) bond motifs is 2. The van der Waals surface area contributed by atoms with Gasteiger partial charge in [0.05, 0.1) is 13.2 Å². The molecular formula is C16H19N3O2. The van der Waals surface area contributed by atoms with Crippen LogP contribution in [0.2, 0.25) is 0 Å². The lowest BCUT2D eigenvalue weighted by molar-refractivity contribution is -0.124. The summed E-state index contributed by atoms with van der Waals surface area (Å²) in [6.07, 6.45) is 5.03. The van der Waals surface area contributed by atoms with Crippen molar-refractivity contribution in [2.45, 2.75) is 43.7 Å². The molecule has 1 amide bonds. The van der Waals surface area contributed by atoms with Gasteiger partial charge in [0.25, 0.3) is 5.91 Å². The Morgan fingerprint density at radius 1 is 1.38 bits per heavy atom. The van der Waals surface area contributed by atoms with E-state index < -0.39 is 5.54 Å². The zero-order valence-corrected chi connectivity index (χ0v) is 12.1. The number of benzene rings is 1. The molecule has 1 heterocycles. The third-order valence-electron chi connectivity index (χ3n) is 4.58. The fourth-order valence-electron chi connectivity index (χ4n) is 3.32. The minimum atomic E-state index is -0.645. The maximum atomic E-state index is 12.6. The minimum absolute atomic E-state index is 0.0213. The van der Waals surface area contributed by atoms with Gasteiger partial charge in [-0.15, -0.1) is 0 Å². The quantitative estimate of drug-likeness (QED) is 0.865. The molecule has 5 heteroatoms. The van der Waals surface area contributed by atoms with Crippen LogP contribution in [-0.4, -0.2) is 25.0 Å². The number of hydrogen-bond donors (Lipinski definition) is 2. The maximum Gasteiger partial charge on any atom is 0.257 e. The smallest absolute Gasteiger partial charge is 0.257 e. The number of rotatable bonds is 2. The largest absolute Gasteiger partial charge is 0.497 e. The third kappa shape index (κ3) is 1.99. The topological polar surface area (TPSA) is 62.7 Å². The van der Waals surface area contributed by atoms with E-state index in [1.165, 1.54) is 5.56 Å². The van der Waals surface area contributed by atoms with E-state index in [1.54, 1.807) is 7.11 Å². The van der Waals surface area contributed by atoms with Gasteiger partial charge in [0.1, 0.15) is 11.3 Å². The van der Waals surface area contributed by atoms with Crippen LogP contribution in [0.25, 0.3) is 0 Å². The molecule has 3 aliphatic rings. The van der Waals surface area contributed by atoms with Gasteiger partial charge in [0.15, 0.2) is 5.96 Å². The fourth-order valence-corrected chi connectivity index (χ4v) is 3.32. The van der Waals surface area contributed by atoms with Crippen LogP contribution in [-0.2, 0) is 16.8 Å². The second-order valence-electron chi connectivity index (χ2n) is 6.07. The molecule has 5 nitrogen and oxygen atoms in total. The fraction of sp³-hybridized carbons (Fsp3) is 0.500. The van der Waals surface area contributed by atoms with E-state index in [4.69, 9.17) is 4.74 Å². The SMILES string of the molecule is COc1ccc2c(c1)CCCC21NC(=NC2CC2)NC1=O. The Labute approximate surface area is 123 Å². The molecule has 1 unspecified atom stereocenters. The molecule has 2 N–H and O–H groups in total. The van der Waals surface area contributed by atoms with Crippen molar-refractivity contribution in [2.24, 2.45) is 4.99 Å². The summed E-state index contributed by atoms with van der Waals surface area (Å²) < 4.78 is 5.30. The van der Waals surface area contributed by atoms with Gasteiger partial charge in [0, 0.05) is 0 Å². The first-order valence-corrected chi connectivity index (χ1v) is 7.56. The number of guanidine groups is 1. The van der Waals surface area contributed by atoms with Crippen LogP contribution in [0.15, 0.2) is 23.2 Å². The molecule has 1 spiro atoms. The van der Waals surface area contributed by atoms with Gasteiger partial charge in [-0.3, -0.25) is 10.1 Å². The van der Waals surface area contributed by atoms with E-state index >= 15 is 0 Å². The molecule has 110 valence electrons. The highest BCUT2D eigenvalue weighted by Gasteiger charge is 2.49. The summed E-state index contributed by atoms with van der Waals surface area (Å²) >= 11 is 0. The number of methoxy groups -OCH3 is 1. The second kappa shape index (κ2) is 4.48. The van der Waals surface area contributed by atoms with Crippen LogP contribution < -0.4 is 15.4 Å². The number of carbonyl (C=O) groups is 1. The van der Waals surface area contributed by atoms with Crippen molar-refractivity contribution >= 4 is 11.9 Å². The van der Waals surface area contributed by atoms with Gasteiger partial charge in [0.2, 0.25) is 0 Å². The summed E-state index contributed by atoms with van der Waals surface area (Å²) in [5, 5.41) is 6.29. The highest BCUT2D eigenvalue weighted by Crippen LogP contribution is 2.39. The van der Waals surface area contributed by atoms with Gasteiger partial charge >= 0.3 is 0 Å². The molecule has 1 aromatic carbocycles. The average Bonchev–Trinajstić information content (AvgIpc) is 3.25. The van der Waals surface area contributed by atoms with Crippen LogP contribution >= 0.6 is 0 Å². The van der Waals surface area contributed by atoms with Gasteiger partial charge in [-0.05, 0) is 55.4 Å². The number of hydrogen-bond acceptors (Lipinski definition) is 3. The Morgan fingerprint density at radius 2 is 2.24 bits per heavy atom. The van der Waals surface area contributed by atoms with Crippen molar-refractivity contribution in [3.8, 4) is 5.75 Å². The number of amides is 1. The summed E-state index contributed by atoms with van der Waals surface area (Å²) in [5.74, 6) is 1.51. The number of carbonyl (C=O) groups excluding carboxylic acids is 1. The predicted octanol–water partition coefficient (Wildman–Crippen LogP) is 1.46. The molecule has 1 saturated carbocycles. The molecule has 1 atom stereocenters. The summed E-state index contributed by atoms with van der Waals surface area (Å²) in [4.78, 5) is 17.1. The molecule has 0 aromatic heterocycles. The van der Waals surface area contributed by atoms with Gasteiger partial charge in [-0.2, -0.15) is 0 Å². The normalized spacial score (nSPS) is 29.2. The highest BCUT2D eigenvalue weighted by atomic mass is 16.5. The summed E-state index contributed by atoms with van der Waals surface area (Å²) in [6.45, 7) is 0. The molecule has 2 fully saturated rings. The first-order chi connectivity index (χ1) is 10.2. The number of aryl methyl sites for hydroxylation is 1. The molecule has 1 aliphatic heterocycles. The Kier molecular flexibility index (Phi) is 2.71. The molecule has 2 aliphatic carbocycles. The van der Waals surface area contributed by atoms with E-state index in [0.29, 0.717) is 12.0 Å². The Morgan fingerprint density at radius 3 is 3.00 bits per heavy atom. The first kappa shape index (κ1) is 12.7. The third-order valence-corrected chi connectivity index (χ3v) is 4.58.